The number of H-pyrrole nitrogens is 1. The van der Waals surface area contributed by atoms with Crippen LogP contribution < -0.4 is 5.32 Å². The number of aromatic nitrogens is 4. The van der Waals surface area contributed by atoms with Crippen LogP contribution in [-0.4, -0.2) is 56.2 Å². The maximum Gasteiger partial charge on any atom is 0.506 e. The summed E-state index contributed by atoms with van der Waals surface area (Å²) < 4.78 is 17.8. The largest absolute Gasteiger partial charge is 0.506 e. The van der Waals surface area contributed by atoms with E-state index in [1.54, 1.807) is 0 Å². The first-order chi connectivity index (χ1) is 18.9. The minimum absolute atomic E-state index is 0.0939. The van der Waals surface area contributed by atoms with Gasteiger partial charge < -0.3 is 24.3 Å². The number of hydrogen-bond acceptors (Lipinski definition) is 8. The number of furan rings is 1. The van der Waals surface area contributed by atoms with E-state index in [0.29, 0.717) is 42.9 Å². The Morgan fingerprint density at radius 2 is 1.97 bits per heavy atom. The molecule has 2 aromatic heterocycles. The normalized spacial score (nSPS) is 15.2. The molecule has 3 N–H and O–H groups in total. The number of aromatic amines is 1. The zero-order valence-corrected chi connectivity index (χ0v) is 22.9. The fourth-order valence-electron chi connectivity index (χ4n) is 5.04. The average Bonchev–Trinajstić information content (AvgIpc) is 3.69. The second kappa shape index (κ2) is 11.4. The highest BCUT2D eigenvalue weighted by Crippen LogP contribution is 2.41. The van der Waals surface area contributed by atoms with Crippen molar-refractivity contribution in [2.24, 2.45) is 0 Å². The number of amides is 1. The molecule has 0 radical (unpaired) electrons. The fraction of sp³-hybridized carbons (Fsp3) is 0.370. The molecule has 0 aliphatic heterocycles. The number of fused-ring (bicyclic) bond motifs is 1. The molecule has 39 heavy (non-hydrogen) atoms. The summed E-state index contributed by atoms with van der Waals surface area (Å²) in [6, 6.07) is 13.5. The molecule has 4 aromatic rings. The lowest BCUT2D eigenvalue weighted by Crippen LogP contribution is -2.45. The van der Waals surface area contributed by atoms with Crippen molar-refractivity contribution in [3.05, 3.63) is 52.5 Å². The van der Waals surface area contributed by atoms with E-state index in [1.807, 2.05) is 49.4 Å². The quantitative estimate of drug-likeness (QED) is 0.194. The average molecular weight is 598 g/mol. The van der Waals surface area contributed by atoms with Gasteiger partial charge in [0.2, 0.25) is 5.82 Å². The second-order valence-electron chi connectivity index (χ2n) is 9.61. The maximum absolute atomic E-state index is 12.6. The molecule has 0 bridgehead atoms. The molecular weight excluding hydrogens is 570 g/mol. The Morgan fingerprint density at radius 3 is 2.67 bits per heavy atom. The van der Waals surface area contributed by atoms with E-state index in [4.69, 9.17) is 19.0 Å². The van der Waals surface area contributed by atoms with Gasteiger partial charge in [-0.1, -0.05) is 37.3 Å². The van der Waals surface area contributed by atoms with Crippen LogP contribution in [0.25, 0.3) is 33.7 Å². The van der Waals surface area contributed by atoms with Crippen molar-refractivity contribution in [1.29, 1.82) is 0 Å². The number of benzene rings is 2. The summed E-state index contributed by atoms with van der Waals surface area (Å²) in [6.45, 7) is 2.04. The van der Waals surface area contributed by atoms with Crippen LogP contribution >= 0.6 is 15.9 Å². The molecule has 1 saturated carbocycles. The first-order valence-electron chi connectivity index (χ1n) is 12.8. The van der Waals surface area contributed by atoms with Gasteiger partial charge in [-0.05, 0) is 70.9 Å². The van der Waals surface area contributed by atoms with Gasteiger partial charge in [0.25, 0.3) is 0 Å². The van der Waals surface area contributed by atoms with Crippen LogP contribution in [0.3, 0.4) is 0 Å². The van der Waals surface area contributed by atoms with Crippen molar-refractivity contribution in [3.63, 3.8) is 0 Å². The van der Waals surface area contributed by atoms with E-state index < -0.39 is 17.8 Å². The molecule has 1 fully saturated rings. The van der Waals surface area contributed by atoms with Crippen molar-refractivity contribution in [1.82, 2.24) is 25.9 Å². The van der Waals surface area contributed by atoms with Gasteiger partial charge in [-0.2, -0.15) is 5.21 Å². The van der Waals surface area contributed by atoms with Crippen molar-refractivity contribution in [3.8, 4) is 22.7 Å². The summed E-state index contributed by atoms with van der Waals surface area (Å²) in [5.74, 6) is 1.11. The van der Waals surface area contributed by atoms with Gasteiger partial charge in [0, 0.05) is 22.9 Å². The molecule has 1 aliphatic carbocycles. The van der Waals surface area contributed by atoms with E-state index in [1.165, 1.54) is 0 Å². The molecule has 1 amide bonds. The lowest BCUT2D eigenvalue weighted by molar-refractivity contribution is -0.0154. The van der Waals surface area contributed by atoms with E-state index >= 15 is 0 Å². The van der Waals surface area contributed by atoms with Crippen LogP contribution in [0.4, 0.5) is 9.59 Å². The SMILES string of the molecule is CCC(Cc1ccc2oc(-c3ccccc3-c3nn[nH]n3)c(Br)c2c1)OC(=O)NCC1(OC(=O)O)CCCC1. The zero-order chi connectivity index (χ0) is 27.4. The summed E-state index contributed by atoms with van der Waals surface area (Å²) in [4.78, 5) is 23.7. The highest BCUT2D eigenvalue weighted by atomic mass is 79.9. The van der Waals surface area contributed by atoms with Gasteiger partial charge in [-0.15, -0.1) is 10.2 Å². The van der Waals surface area contributed by atoms with Crippen LogP contribution in [0.15, 0.2) is 51.4 Å². The number of rotatable bonds is 9. The van der Waals surface area contributed by atoms with Gasteiger partial charge in [0.05, 0.1) is 11.0 Å². The van der Waals surface area contributed by atoms with E-state index in [0.717, 1.165) is 39.4 Å². The molecule has 204 valence electrons. The topological polar surface area (TPSA) is 152 Å². The van der Waals surface area contributed by atoms with Gasteiger partial charge >= 0.3 is 12.2 Å². The highest BCUT2D eigenvalue weighted by molar-refractivity contribution is 9.10. The second-order valence-corrected chi connectivity index (χ2v) is 10.4. The third-order valence-electron chi connectivity index (χ3n) is 7.02. The van der Waals surface area contributed by atoms with Crippen LogP contribution in [0.2, 0.25) is 0 Å². The molecule has 11 nitrogen and oxygen atoms in total. The number of carboxylic acid groups (broad SMARTS) is 1. The van der Waals surface area contributed by atoms with E-state index in [-0.39, 0.29) is 12.6 Å². The number of nitrogens with one attached hydrogen (secondary N) is 2. The predicted octanol–water partition coefficient (Wildman–Crippen LogP) is 6.10. The number of alkyl carbamates (subject to hydrolysis) is 1. The lowest BCUT2D eigenvalue weighted by Gasteiger charge is -2.28. The number of carbonyl (C=O) groups excluding carboxylic acids is 1. The Morgan fingerprint density at radius 1 is 1.21 bits per heavy atom. The predicted molar refractivity (Wildman–Crippen MR) is 145 cm³/mol. The number of tetrazole rings is 1. The van der Waals surface area contributed by atoms with E-state index in [9.17, 15) is 9.59 Å². The third-order valence-corrected chi connectivity index (χ3v) is 7.80. The standard InChI is InChI=1S/C27H28BrN5O6/c1-2-17(37-25(34)29-15-27(39-26(35)36)11-5-6-12-27)13-16-9-10-21-20(14-16)22(28)23(38-21)18-7-3-4-8-19(18)24-30-32-33-31-24/h3-4,7-10,14,17H,2,5-6,11-13,15H2,1H3,(H,29,34)(H,35,36)(H,30,31,32,33). The smallest absolute Gasteiger partial charge is 0.455 e. The van der Waals surface area contributed by atoms with Crippen LogP contribution in [-0.2, 0) is 15.9 Å². The van der Waals surface area contributed by atoms with Gasteiger partial charge in [-0.3, -0.25) is 0 Å². The van der Waals surface area contributed by atoms with Crippen molar-refractivity contribution < 1.29 is 28.6 Å². The maximum atomic E-state index is 12.6. The molecule has 1 aliphatic rings. The van der Waals surface area contributed by atoms with Crippen LogP contribution in [0, 0.1) is 0 Å². The molecular formula is C27H28BrN5O6. The summed E-state index contributed by atoms with van der Waals surface area (Å²) in [5.41, 5.74) is 2.40. The Balaban J connectivity index is 1.29. The fourth-order valence-corrected chi connectivity index (χ4v) is 5.65. The van der Waals surface area contributed by atoms with Crippen molar-refractivity contribution in [2.75, 3.05) is 6.54 Å². The molecule has 1 atom stereocenters. The summed E-state index contributed by atoms with van der Waals surface area (Å²) >= 11 is 3.71. The minimum atomic E-state index is -1.33. The number of carbonyl (C=O) groups is 2. The number of halogens is 1. The minimum Gasteiger partial charge on any atom is -0.455 e. The van der Waals surface area contributed by atoms with Gasteiger partial charge in [0.15, 0.2) is 0 Å². The van der Waals surface area contributed by atoms with Gasteiger partial charge in [-0.25, -0.2) is 9.59 Å². The molecule has 1 unspecified atom stereocenters. The Kier molecular flexibility index (Phi) is 7.82. The number of nitrogens with zero attached hydrogens (tertiary/aromatic N) is 3. The molecule has 12 heteroatoms. The van der Waals surface area contributed by atoms with Crippen LogP contribution in [0.5, 0.6) is 0 Å². The molecule has 0 spiro atoms. The first-order valence-corrected chi connectivity index (χ1v) is 13.6. The monoisotopic (exact) mass is 597 g/mol. The lowest BCUT2D eigenvalue weighted by atomic mass is 10.0. The highest BCUT2D eigenvalue weighted by Gasteiger charge is 2.38. The molecule has 0 saturated heterocycles. The molecule has 2 aromatic carbocycles. The van der Waals surface area contributed by atoms with Gasteiger partial charge in [0.1, 0.15) is 23.0 Å². The van der Waals surface area contributed by atoms with E-state index in [2.05, 4.69) is 41.9 Å². The number of ether oxygens (including phenoxy) is 2. The van der Waals surface area contributed by atoms with Crippen molar-refractivity contribution in [2.45, 2.75) is 57.2 Å². The molecule has 2 heterocycles. The summed E-state index contributed by atoms with van der Waals surface area (Å²) in [7, 11) is 0. The first kappa shape index (κ1) is 26.7. The van der Waals surface area contributed by atoms with Crippen molar-refractivity contribution >= 4 is 39.1 Å². The van der Waals surface area contributed by atoms with Crippen LogP contribution in [0.1, 0.15) is 44.6 Å². The zero-order valence-electron chi connectivity index (χ0n) is 21.3. The third kappa shape index (κ3) is 5.90. The summed E-state index contributed by atoms with van der Waals surface area (Å²) in [6.07, 6.45) is 1.70. The Hall–Kier alpha value is -3.93. The Labute approximate surface area is 232 Å². The number of hydrogen-bond donors (Lipinski definition) is 3. The Bertz CT molecular complexity index is 1460. The molecule has 5 rings (SSSR count). The summed E-state index contributed by atoms with van der Waals surface area (Å²) in [5, 5.41) is 27.0.